The van der Waals surface area contributed by atoms with Crippen molar-refractivity contribution in [3.63, 3.8) is 0 Å². The van der Waals surface area contributed by atoms with Crippen molar-refractivity contribution < 1.29 is 9.59 Å². The number of primary amides is 1. The number of unbranched alkanes of at least 4 members (excludes halogenated alkanes) is 1. The Hall–Kier alpha value is -1.84. The molecule has 0 aliphatic carbocycles. The number of rotatable bonds is 9. The van der Waals surface area contributed by atoms with E-state index in [4.69, 9.17) is 5.73 Å². The Kier molecular flexibility index (Phi) is 12.4. The molecule has 0 bridgehead atoms. The average Bonchev–Trinajstić information content (AvgIpc) is 2.61. The van der Waals surface area contributed by atoms with Gasteiger partial charge in [0.2, 0.25) is 5.91 Å². The number of guanidine groups is 1. The molecule has 146 valence electrons. The van der Waals surface area contributed by atoms with Crippen molar-refractivity contribution >= 4 is 41.8 Å². The van der Waals surface area contributed by atoms with E-state index in [1.807, 2.05) is 26.1 Å². The molecule has 4 N–H and O–H groups in total. The molecule has 0 atom stereocenters. The number of carbonyl (C=O) groups excluding carboxylic acids is 2. The summed E-state index contributed by atoms with van der Waals surface area (Å²) in [5.41, 5.74) is 6.50. The van der Waals surface area contributed by atoms with Crippen LogP contribution >= 0.6 is 24.0 Å². The van der Waals surface area contributed by atoms with Crippen LogP contribution in [0.4, 0.5) is 0 Å². The van der Waals surface area contributed by atoms with Crippen LogP contribution < -0.4 is 16.4 Å². The number of nitrogens with two attached hydrogens (primary N) is 1. The molecule has 2 amide bonds. The topological polar surface area (TPSA) is 99.8 Å². The third-order valence-corrected chi connectivity index (χ3v) is 3.59. The maximum absolute atomic E-state index is 11.8. The molecule has 0 aromatic heterocycles. The first kappa shape index (κ1) is 24.2. The molecule has 0 unspecified atom stereocenters. The zero-order valence-corrected chi connectivity index (χ0v) is 18.1. The van der Waals surface area contributed by atoms with Crippen LogP contribution in [0.25, 0.3) is 0 Å². The second-order valence-corrected chi connectivity index (χ2v) is 5.79. The van der Waals surface area contributed by atoms with Crippen molar-refractivity contribution in [2.75, 3.05) is 26.7 Å². The Morgan fingerprint density at radius 2 is 1.81 bits per heavy atom. The lowest BCUT2D eigenvalue weighted by Crippen LogP contribution is -2.39. The minimum Gasteiger partial charge on any atom is -0.368 e. The molecule has 0 saturated carbocycles. The van der Waals surface area contributed by atoms with Crippen LogP contribution in [0.1, 0.15) is 42.6 Å². The van der Waals surface area contributed by atoms with E-state index >= 15 is 0 Å². The van der Waals surface area contributed by atoms with Gasteiger partial charge in [-0.3, -0.25) is 9.59 Å². The molecule has 1 aromatic carbocycles. The van der Waals surface area contributed by atoms with Crippen LogP contribution in [0, 0.1) is 0 Å². The highest BCUT2D eigenvalue weighted by atomic mass is 127. The van der Waals surface area contributed by atoms with Crippen molar-refractivity contribution in [2.24, 2.45) is 10.7 Å². The van der Waals surface area contributed by atoms with Crippen LogP contribution in [-0.2, 0) is 11.3 Å². The molecule has 0 radical (unpaired) electrons. The second-order valence-electron chi connectivity index (χ2n) is 5.79. The Bertz CT molecular complexity index is 590. The lowest BCUT2D eigenvalue weighted by molar-refractivity contribution is -0.117. The predicted octanol–water partition coefficient (Wildman–Crippen LogP) is 1.72. The summed E-state index contributed by atoms with van der Waals surface area (Å²) in [6, 6.07) is 7.15. The minimum absolute atomic E-state index is 0. The number of halogens is 1. The number of hydrogen-bond acceptors (Lipinski definition) is 3. The normalized spacial score (nSPS) is 10.7. The Morgan fingerprint density at radius 1 is 1.15 bits per heavy atom. The van der Waals surface area contributed by atoms with Crippen LogP contribution in [0.5, 0.6) is 0 Å². The molecule has 8 heteroatoms. The summed E-state index contributed by atoms with van der Waals surface area (Å²) in [4.78, 5) is 29.3. The van der Waals surface area contributed by atoms with E-state index in [9.17, 15) is 9.59 Å². The third-order valence-electron chi connectivity index (χ3n) is 3.59. The highest BCUT2D eigenvalue weighted by Crippen LogP contribution is 2.06. The average molecular weight is 475 g/mol. The van der Waals surface area contributed by atoms with Gasteiger partial charge < -0.3 is 21.3 Å². The van der Waals surface area contributed by atoms with Gasteiger partial charge in [-0.1, -0.05) is 25.5 Å². The molecule has 1 aromatic rings. The van der Waals surface area contributed by atoms with E-state index in [-0.39, 0.29) is 36.4 Å². The van der Waals surface area contributed by atoms with E-state index < -0.39 is 5.91 Å². The van der Waals surface area contributed by atoms with Crippen molar-refractivity contribution in [1.29, 1.82) is 0 Å². The fourth-order valence-corrected chi connectivity index (χ4v) is 2.17. The van der Waals surface area contributed by atoms with E-state index in [0.717, 1.165) is 37.5 Å². The zero-order chi connectivity index (χ0) is 18.7. The lowest BCUT2D eigenvalue weighted by atomic mass is 10.1. The highest BCUT2D eigenvalue weighted by molar-refractivity contribution is 14.0. The summed E-state index contributed by atoms with van der Waals surface area (Å²) in [6.07, 6.45) is 2.26. The first-order valence-corrected chi connectivity index (χ1v) is 8.62. The number of carbonyl (C=O) groups is 2. The summed E-state index contributed by atoms with van der Waals surface area (Å²) < 4.78 is 0. The number of nitrogens with one attached hydrogen (secondary N) is 2. The standard InChI is InChI=1S/C18H29N5O2.HI/c1-4-6-11-23(3)18(20-5-2)22-12-14-7-9-15(10-8-14)17(25)21-13-16(19)24;/h7-10H,4-6,11-13H2,1-3H3,(H2,19,24)(H,20,22)(H,21,25);1H. The number of benzene rings is 1. The molecular formula is C18H30IN5O2. The summed E-state index contributed by atoms with van der Waals surface area (Å²) in [5, 5.41) is 5.75. The maximum Gasteiger partial charge on any atom is 0.251 e. The van der Waals surface area contributed by atoms with Gasteiger partial charge in [0.15, 0.2) is 5.96 Å². The fraction of sp³-hybridized carbons (Fsp3) is 0.500. The van der Waals surface area contributed by atoms with E-state index in [2.05, 4.69) is 27.4 Å². The highest BCUT2D eigenvalue weighted by Gasteiger charge is 2.07. The second kappa shape index (κ2) is 13.4. The minimum atomic E-state index is -0.567. The lowest BCUT2D eigenvalue weighted by Gasteiger charge is -2.21. The van der Waals surface area contributed by atoms with E-state index in [1.54, 1.807) is 12.1 Å². The van der Waals surface area contributed by atoms with Gasteiger partial charge in [-0.2, -0.15) is 0 Å². The summed E-state index contributed by atoms with van der Waals surface area (Å²) in [5.74, 6) is -0.0110. The quantitative estimate of drug-likeness (QED) is 0.288. The number of nitrogens with zero attached hydrogens (tertiary/aromatic N) is 2. The fourth-order valence-electron chi connectivity index (χ4n) is 2.17. The first-order valence-electron chi connectivity index (χ1n) is 8.62. The van der Waals surface area contributed by atoms with Gasteiger partial charge in [0.1, 0.15) is 0 Å². The molecule has 0 aliphatic rings. The SMILES string of the molecule is CCCCN(C)C(=NCc1ccc(C(=O)NCC(N)=O)cc1)NCC.I. The van der Waals surface area contributed by atoms with E-state index in [1.165, 1.54) is 0 Å². The van der Waals surface area contributed by atoms with Crippen molar-refractivity contribution in [1.82, 2.24) is 15.5 Å². The maximum atomic E-state index is 11.8. The first-order chi connectivity index (χ1) is 12.0. The molecule has 1 rings (SSSR count). The molecule has 26 heavy (non-hydrogen) atoms. The predicted molar refractivity (Wildman–Crippen MR) is 116 cm³/mol. The Morgan fingerprint density at radius 3 is 2.35 bits per heavy atom. The summed E-state index contributed by atoms with van der Waals surface area (Å²) in [7, 11) is 2.03. The van der Waals surface area contributed by atoms with Crippen LogP contribution in [0.2, 0.25) is 0 Å². The van der Waals surface area contributed by atoms with Crippen molar-refractivity contribution in [3.8, 4) is 0 Å². The molecule has 0 saturated heterocycles. The van der Waals surface area contributed by atoms with Gasteiger partial charge in [-0.05, 0) is 31.0 Å². The van der Waals surface area contributed by atoms with Gasteiger partial charge >= 0.3 is 0 Å². The van der Waals surface area contributed by atoms with Gasteiger partial charge in [0.05, 0.1) is 13.1 Å². The summed E-state index contributed by atoms with van der Waals surface area (Å²) >= 11 is 0. The Balaban J connectivity index is 0.00000625. The monoisotopic (exact) mass is 475 g/mol. The number of amides is 2. The molecule has 0 spiro atoms. The smallest absolute Gasteiger partial charge is 0.251 e. The molecular weight excluding hydrogens is 445 g/mol. The largest absolute Gasteiger partial charge is 0.368 e. The van der Waals surface area contributed by atoms with Gasteiger partial charge in [-0.25, -0.2) is 4.99 Å². The molecule has 7 nitrogen and oxygen atoms in total. The van der Waals surface area contributed by atoms with Crippen LogP contribution in [0.15, 0.2) is 29.3 Å². The van der Waals surface area contributed by atoms with Gasteiger partial charge in [0.25, 0.3) is 5.91 Å². The zero-order valence-electron chi connectivity index (χ0n) is 15.7. The molecule has 0 fully saturated rings. The van der Waals surface area contributed by atoms with Gasteiger partial charge in [0, 0.05) is 25.7 Å². The number of aliphatic imine (C=N–C) groups is 1. The third kappa shape index (κ3) is 9.02. The van der Waals surface area contributed by atoms with Crippen molar-refractivity contribution in [2.45, 2.75) is 33.2 Å². The van der Waals surface area contributed by atoms with E-state index in [0.29, 0.717) is 12.1 Å². The summed E-state index contributed by atoms with van der Waals surface area (Å²) in [6.45, 7) is 6.35. The molecule has 0 aliphatic heterocycles. The van der Waals surface area contributed by atoms with Crippen molar-refractivity contribution in [3.05, 3.63) is 35.4 Å². The van der Waals surface area contributed by atoms with Crippen LogP contribution in [0.3, 0.4) is 0 Å². The molecule has 0 heterocycles. The van der Waals surface area contributed by atoms with Crippen LogP contribution in [-0.4, -0.2) is 49.4 Å². The number of hydrogen-bond donors (Lipinski definition) is 3. The Labute approximate surface area is 172 Å². The van der Waals surface area contributed by atoms with Gasteiger partial charge in [-0.15, -0.1) is 24.0 Å².